The first-order chi connectivity index (χ1) is 13.1. The fourth-order valence-corrected chi connectivity index (χ4v) is 3.19. The Morgan fingerprint density at radius 2 is 1.85 bits per heavy atom. The summed E-state index contributed by atoms with van der Waals surface area (Å²) in [6.45, 7) is 6.51. The highest BCUT2D eigenvalue weighted by Crippen LogP contribution is 2.24. The highest BCUT2D eigenvalue weighted by molar-refractivity contribution is 5.57. The summed E-state index contributed by atoms with van der Waals surface area (Å²) >= 11 is 0. The van der Waals surface area contributed by atoms with E-state index >= 15 is 0 Å². The van der Waals surface area contributed by atoms with Gasteiger partial charge in [-0.05, 0) is 24.3 Å². The van der Waals surface area contributed by atoms with Crippen LogP contribution in [0.15, 0.2) is 53.7 Å². The molecule has 0 amide bonds. The van der Waals surface area contributed by atoms with Crippen LogP contribution in [-0.4, -0.2) is 37.8 Å². The van der Waals surface area contributed by atoms with E-state index in [0.29, 0.717) is 18.4 Å². The molecule has 1 saturated heterocycles. The van der Waals surface area contributed by atoms with E-state index in [9.17, 15) is 4.79 Å². The Morgan fingerprint density at radius 3 is 2.59 bits per heavy atom. The zero-order valence-corrected chi connectivity index (χ0v) is 15.5. The van der Waals surface area contributed by atoms with Crippen LogP contribution < -0.4 is 10.5 Å². The molecule has 0 spiro atoms. The van der Waals surface area contributed by atoms with Crippen molar-refractivity contribution in [3.8, 4) is 11.3 Å². The molecule has 27 heavy (non-hydrogen) atoms. The highest BCUT2D eigenvalue weighted by atomic mass is 16.1. The SMILES string of the molecule is CC(C)c1nccc(N2CC(Cn3nc(-c4ccncc4)ccc3=O)C2)n1. The predicted molar refractivity (Wildman–Crippen MR) is 104 cm³/mol. The maximum Gasteiger partial charge on any atom is 0.266 e. The van der Waals surface area contributed by atoms with Gasteiger partial charge >= 0.3 is 0 Å². The van der Waals surface area contributed by atoms with E-state index in [4.69, 9.17) is 0 Å². The molecule has 0 radical (unpaired) electrons. The fourth-order valence-electron chi connectivity index (χ4n) is 3.19. The number of aromatic nitrogens is 5. The third kappa shape index (κ3) is 3.72. The van der Waals surface area contributed by atoms with E-state index in [-0.39, 0.29) is 5.56 Å². The lowest BCUT2D eigenvalue weighted by molar-refractivity contribution is 0.333. The average Bonchev–Trinajstić information content (AvgIpc) is 2.66. The molecule has 0 saturated carbocycles. The summed E-state index contributed by atoms with van der Waals surface area (Å²) in [5, 5.41) is 4.53. The van der Waals surface area contributed by atoms with E-state index in [1.54, 1.807) is 29.2 Å². The molecule has 0 atom stereocenters. The third-order valence-electron chi connectivity index (χ3n) is 4.73. The van der Waals surface area contributed by atoms with Gasteiger partial charge in [-0.1, -0.05) is 13.8 Å². The summed E-state index contributed by atoms with van der Waals surface area (Å²) in [4.78, 5) is 27.4. The van der Waals surface area contributed by atoms with Gasteiger partial charge in [-0.15, -0.1) is 0 Å². The number of nitrogens with zero attached hydrogens (tertiary/aromatic N) is 6. The van der Waals surface area contributed by atoms with Crippen molar-refractivity contribution in [3.63, 3.8) is 0 Å². The molecule has 0 N–H and O–H groups in total. The molecule has 3 aromatic heterocycles. The molecule has 1 aliphatic rings. The zero-order valence-electron chi connectivity index (χ0n) is 15.5. The second-order valence-electron chi connectivity index (χ2n) is 7.17. The highest BCUT2D eigenvalue weighted by Gasteiger charge is 2.29. The summed E-state index contributed by atoms with van der Waals surface area (Å²) in [5.74, 6) is 2.50. The van der Waals surface area contributed by atoms with Crippen LogP contribution in [0, 0.1) is 5.92 Å². The molecule has 138 valence electrons. The van der Waals surface area contributed by atoms with Crippen molar-refractivity contribution in [2.24, 2.45) is 5.92 Å². The van der Waals surface area contributed by atoms with Crippen LogP contribution in [0.4, 0.5) is 5.82 Å². The van der Waals surface area contributed by atoms with Crippen molar-refractivity contribution in [2.75, 3.05) is 18.0 Å². The second-order valence-corrected chi connectivity index (χ2v) is 7.17. The van der Waals surface area contributed by atoms with Gasteiger partial charge in [0.05, 0.1) is 12.2 Å². The van der Waals surface area contributed by atoms with Gasteiger partial charge in [0.15, 0.2) is 0 Å². The van der Waals surface area contributed by atoms with Crippen LogP contribution in [0.5, 0.6) is 0 Å². The van der Waals surface area contributed by atoms with E-state index in [2.05, 4.69) is 38.8 Å². The van der Waals surface area contributed by atoms with E-state index < -0.39 is 0 Å². The monoisotopic (exact) mass is 362 g/mol. The Hall–Kier alpha value is -3.09. The molecule has 0 aliphatic carbocycles. The number of anilines is 1. The van der Waals surface area contributed by atoms with E-state index in [1.807, 2.05) is 24.4 Å². The lowest BCUT2D eigenvalue weighted by atomic mass is 10.0. The van der Waals surface area contributed by atoms with Crippen LogP contribution in [0.25, 0.3) is 11.3 Å². The molecular weight excluding hydrogens is 340 g/mol. The number of rotatable bonds is 5. The number of hydrogen-bond donors (Lipinski definition) is 0. The second kappa shape index (κ2) is 7.26. The first-order valence-corrected chi connectivity index (χ1v) is 9.16. The first-order valence-electron chi connectivity index (χ1n) is 9.16. The van der Waals surface area contributed by atoms with E-state index in [1.165, 1.54) is 0 Å². The molecule has 3 aromatic rings. The molecule has 1 fully saturated rings. The van der Waals surface area contributed by atoms with Gasteiger partial charge in [-0.2, -0.15) is 5.10 Å². The maximum absolute atomic E-state index is 12.2. The van der Waals surface area contributed by atoms with Crippen molar-refractivity contribution < 1.29 is 0 Å². The van der Waals surface area contributed by atoms with Crippen LogP contribution in [0.2, 0.25) is 0 Å². The van der Waals surface area contributed by atoms with E-state index in [0.717, 1.165) is 36.0 Å². The van der Waals surface area contributed by atoms with Crippen molar-refractivity contribution in [1.82, 2.24) is 24.7 Å². The third-order valence-corrected chi connectivity index (χ3v) is 4.73. The van der Waals surface area contributed by atoms with Gasteiger partial charge in [0.2, 0.25) is 0 Å². The molecule has 0 bridgehead atoms. The first kappa shape index (κ1) is 17.3. The van der Waals surface area contributed by atoms with Gasteiger partial charge in [-0.3, -0.25) is 9.78 Å². The predicted octanol–water partition coefficient (Wildman–Crippen LogP) is 2.36. The molecule has 7 heteroatoms. The Bertz CT molecular complexity index is 979. The largest absolute Gasteiger partial charge is 0.356 e. The molecule has 0 aromatic carbocycles. The minimum absolute atomic E-state index is 0.0737. The number of pyridine rings is 1. The van der Waals surface area contributed by atoms with Crippen molar-refractivity contribution in [2.45, 2.75) is 26.3 Å². The maximum atomic E-state index is 12.2. The minimum atomic E-state index is -0.0737. The standard InChI is InChI=1S/C20H22N6O/c1-14(2)20-22-10-7-18(23-20)25-11-15(12-25)13-26-19(27)4-3-17(24-26)16-5-8-21-9-6-16/h3-10,14-15H,11-13H2,1-2H3. The molecule has 4 heterocycles. The Kier molecular flexibility index (Phi) is 4.66. The molecule has 4 rings (SSSR count). The molecule has 1 aliphatic heterocycles. The fraction of sp³-hybridized carbons (Fsp3) is 0.350. The van der Waals surface area contributed by atoms with Gasteiger partial charge in [0.1, 0.15) is 11.6 Å². The van der Waals surface area contributed by atoms with Crippen molar-refractivity contribution in [1.29, 1.82) is 0 Å². The van der Waals surface area contributed by atoms with Gasteiger partial charge in [0.25, 0.3) is 5.56 Å². The zero-order chi connectivity index (χ0) is 18.8. The van der Waals surface area contributed by atoms with Crippen LogP contribution >= 0.6 is 0 Å². The van der Waals surface area contributed by atoms with Gasteiger partial charge in [-0.25, -0.2) is 14.6 Å². The minimum Gasteiger partial charge on any atom is -0.356 e. The van der Waals surface area contributed by atoms with Crippen LogP contribution in [-0.2, 0) is 6.54 Å². The Balaban J connectivity index is 1.44. The Morgan fingerprint density at radius 1 is 1.07 bits per heavy atom. The summed E-state index contributed by atoms with van der Waals surface area (Å²) in [6.07, 6.45) is 5.27. The number of hydrogen-bond acceptors (Lipinski definition) is 6. The quantitative estimate of drug-likeness (QED) is 0.693. The van der Waals surface area contributed by atoms with Crippen molar-refractivity contribution in [3.05, 3.63) is 65.1 Å². The summed E-state index contributed by atoms with van der Waals surface area (Å²) in [7, 11) is 0. The molecule has 7 nitrogen and oxygen atoms in total. The molecule has 0 unspecified atom stereocenters. The molecular formula is C20H22N6O. The van der Waals surface area contributed by atoms with Crippen LogP contribution in [0.1, 0.15) is 25.6 Å². The van der Waals surface area contributed by atoms with Crippen LogP contribution in [0.3, 0.4) is 0 Å². The summed E-state index contributed by atoms with van der Waals surface area (Å²) in [5.41, 5.74) is 1.66. The lowest BCUT2D eigenvalue weighted by Gasteiger charge is -2.40. The lowest BCUT2D eigenvalue weighted by Crippen LogP contribution is -2.50. The van der Waals surface area contributed by atoms with Gasteiger partial charge in [0, 0.05) is 55.1 Å². The normalized spacial score (nSPS) is 14.4. The summed E-state index contributed by atoms with van der Waals surface area (Å²) in [6, 6.07) is 9.07. The topological polar surface area (TPSA) is 76.8 Å². The average molecular weight is 362 g/mol. The van der Waals surface area contributed by atoms with Crippen molar-refractivity contribution >= 4 is 5.82 Å². The smallest absolute Gasteiger partial charge is 0.266 e. The Labute approximate surface area is 157 Å². The van der Waals surface area contributed by atoms with Gasteiger partial charge < -0.3 is 4.90 Å². The summed E-state index contributed by atoms with van der Waals surface area (Å²) < 4.78 is 1.57.